The van der Waals surface area contributed by atoms with Crippen LogP contribution in [0.15, 0.2) is 29.2 Å². The van der Waals surface area contributed by atoms with Crippen molar-refractivity contribution < 1.29 is 19.1 Å². The number of nitrogens with one attached hydrogen (secondary N) is 1. The smallest absolute Gasteiger partial charge is 0.263 e. The zero-order chi connectivity index (χ0) is 22.1. The molecule has 31 heavy (non-hydrogen) atoms. The molecule has 0 radical (unpaired) electrons. The van der Waals surface area contributed by atoms with E-state index in [1.54, 1.807) is 36.3 Å². The average molecular weight is 426 g/mol. The maximum atomic E-state index is 13.1. The number of fused-ring (bicyclic) bond motifs is 2. The van der Waals surface area contributed by atoms with Gasteiger partial charge in [-0.25, -0.2) is 0 Å². The summed E-state index contributed by atoms with van der Waals surface area (Å²) in [5.41, 5.74) is 1.80. The Morgan fingerprint density at radius 2 is 1.90 bits per heavy atom. The zero-order valence-corrected chi connectivity index (χ0v) is 17.9. The number of anilines is 1. The summed E-state index contributed by atoms with van der Waals surface area (Å²) in [6.07, 6.45) is 2.17. The lowest BCUT2D eigenvalue weighted by Crippen LogP contribution is -2.43. The topological polar surface area (TPSA) is 93.1 Å². The minimum absolute atomic E-state index is 0.0202. The zero-order valence-electron chi connectivity index (χ0n) is 17.9. The standard InChI is InChI=1S/C22H26N4O5/c1-24(2)13-19(27)26-7-6-16-14(12-26)11-25(3)22(29)20(16)21(28)23-15-4-5-17-18(10-15)31-9-8-30-17/h4-5,10-11H,6-9,12-13H2,1-3H3,(H,23,28). The van der Waals surface area contributed by atoms with E-state index in [0.717, 1.165) is 5.56 Å². The maximum Gasteiger partial charge on any atom is 0.263 e. The molecular formula is C22H26N4O5. The summed E-state index contributed by atoms with van der Waals surface area (Å²) in [4.78, 5) is 42.0. The van der Waals surface area contributed by atoms with Crippen molar-refractivity contribution in [1.29, 1.82) is 0 Å². The predicted molar refractivity (Wildman–Crippen MR) is 115 cm³/mol. The molecule has 9 nitrogen and oxygen atoms in total. The van der Waals surface area contributed by atoms with Gasteiger partial charge in [-0.15, -0.1) is 0 Å². The fourth-order valence-electron chi connectivity index (χ4n) is 3.92. The van der Waals surface area contributed by atoms with Gasteiger partial charge < -0.3 is 29.2 Å². The number of ether oxygens (including phenoxy) is 2. The van der Waals surface area contributed by atoms with E-state index in [9.17, 15) is 14.4 Å². The Balaban J connectivity index is 1.60. The molecule has 0 atom stereocenters. The highest BCUT2D eigenvalue weighted by atomic mass is 16.6. The SMILES string of the molecule is CN(C)CC(=O)N1CCc2c(cn(C)c(=O)c2C(=O)Nc2ccc3c(c2)OCCO3)C1. The number of likely N-dealkylation sites (N-methyl/N-ethyl adjacent to an activating group) is 1. The molecule has 9 heteroatoms. The molecular weight excluding hydrogens is 400 g/mol. The van der Waals surface area contributed by atoms with Crippen LogP contribution in [-0.2, 0) is 24.8 Å². The van der Waals surface area contributed by atoms with E-state index in [4.69, 9.17) is 9.47 Å². The third kappa shape index (κ3) is 4.27. The van der Waals surface area contributed by atoms with Gasteiger partial charge in [0, 0.05) is 38.1 Å². The van der Waals surface area contributed by atoms with Crippen LogP contribution in [0.1, 0.15) is 21.5 Å². The molecule has 4 rings (SSSR count). The second-order valence-corrected chi connectivity index (χ2v) is 8.04. The quantitative estimate of drug-likeness (QED) is 0.780. The molecule has 0 fully saturated rings. The lowest BCUT2D eigenvalue weighted by Gasteiger charge is -2.31. The molecule has 0 saturated heterocycles. The number of aromatic nitrogens is 1. The molecule has 0 spiro atoms. The summed E-state index contributed by atoms with van der Waals surface area (Å²) in [7, 11) is 5.31. The molecule has 2 aliphatic rings. The molecule has 1 aromatic heterocycles. The van der Waals surface area contributed by atoms with Crippen LogP contribution in [0.3, 0.4) is 0 Å². The van der Waals surface area contributed by atoms with Gasteiger partial charge in [-0.2, -0.15) is 0 Å². The van der Waals surface area contributed by atoms with Crippen LogP contribution in [-0.4, -0.2) is 66.6 Å². The first kappa shape index (κ1) is 20.9. The highest BCUT2D eigenvalue weighted by Crippen LogP contribution is 2.33. The Bertz CT molecular complexity index is 1090. The normalized spacial score (nSPS) is 14.9. The van der Waals surface area contributed by atoms with Crippen molar-refractivity contribution in [2.24, 2.45) is 7.05 Å². The summed E-state index contributed by atoms with van der Waals surface area (Å²) in [5, 5.41) is 2.81. The highest BCUT2D eigenvalue weighted by Gasteiger charge is 2.28. The molecule has 0 aliphatic carbocycles. The summed E-state index contributed by atoms with van der Waals surface area (Å²) in [5.74, 6) is 0.732. The number of hydrogen-bond donors (Lipinski definition) is 1. The second-order valence-electron chi connectivity index (χ2n) is 8.04. The van der Waals surface area contributed by atoms with Gasteiger partial charge in [0.25, 0.3) is 11.5 Å². The third-order valence-corrected chi connectivity index (χ3v) is 5.40. The number of aryl methyl sites for hydroxylation is 1. The van der Waals surface area contributed by atoms with Gasteiger partial charge in [0.2, 0.25) is 5.91 Å². The number of nitrogens with zero attached hydrogens (tertiary/aromatic N) is 3. The fourth-order valence-corrected chi connectivity index (χ4v) is 3.92. The maximum absolute atomic E-state index is 13.1. The average Bonchev–Trinajstić information content (AvgIpc) is 2.73. The predicted octanol–water partition coefficient (Wildman–Crippen LogP) is 0.855. The molecule has 0 saturated carbocycles. The minimum Gasteiger partial charge on any atom is -0.486 e. The Kier molecular flexibility index (Phi) is 5.69. The molecule has 164 valence electrons. The van der Waals surface area contributed by atoms with E-state index >= 15 is 0 Å². The van der Waals surface area contributed by atoms with E-state index in [1.807, 2.05) is 19.0 Å². The minimum atomic E-state index is -0.470. The summed E-state index contributed by atoms with van der Waals surface area (Å²) < 4.78 is 12.5. The molecule has 2 amide bonds. The lowest BCUT2D eigenvalue weighted by molar-refractivity contribution is -0.132. The Morgan fingerprint density at radius 3 is 2.65 bits per heavy atom. The van der Waals surface area contributed by atoms with Crippen molar-refractivity contribution in [1.82, 2.24) is 14.4 Å². The van der Waals surface area contributed by atoms with Crippen LogP contribution in [0.2, 0.25) is 0 Å². The van der Waals surface area contributed by atoms with E-state index in [0.29, 0.717) is 62.0 Å². The Hall–Kier alpha value is -3.33. The van der Waals surface area contributed by atoms with Crippen LogP contribution in [0.25, 0.3) is 0 Å². The number of pyridine rings is 1. The molecule has 2 aromatic rings. The van der Waals surface area contributed by atoms with Crippen LogP contribution in [0, 0.1) is 0 Å². The van der Waals surface area contributed by atoms with Crippen molar-refractivity contribution in [3.8, 4) is 11.5 Å². The fraction of sp³-hybridized carbons (Fsp3) is 0.409. The van der Waals surface area contributed by atoms with Crippen LogP contribution in [0.5, 0.6) is 11.5 Å². The Morgan fingerprint density at radius 1 is 1.16 bits per heavy atom. The van der Waals surface area contributed by atoms with E-state index in [-0.39, 0.29) is 17.0 Å². The van der Waals surface area contributed by atoms with E-state index in [2.05, 4.69) is 5.32 Å². The first-order chi connectivity index (χ1) is 14.8. The van der Waals surface area contributed by atoms with Crippen molar-refractivity contribution >= 4 is 17.5 Å². The number of amides is 2. The van der Waals surface area contributed by atoms with Crippen molar-refractivity contribution in [2.75, 3.05) is 45.7 Å². The number of rotatable bonds is 4. The van der Waals surface area contributed by atoms with Crippen LogP contribution >= 0.6 is 0 Å². The molecule has 1 N–H and O–H groups in total. The van der Waals surface area contributed by atoms with Crippen LogP contribution in [0.4, 0.5) is 5.69 Å². The van der Waals surface area contributed by atoms with Gasteiger partial charge in [0.15, 0.2) is 11.5 Å². The van der Waals surface area contributed by atoms with Gasteiger partial charge in [-0.3, -0.25) is 14.4 Å². The largest absolute Gasteiger partial charge is 0.486 e. The number of benzene rings is 1. The summed E-state index contributed by atoms with van der Waals surface area (Å²) >= 11 is 0. The van der Waals surface area contributed by atoms with Gasteiger partial charge in [-0.05, 0) is 43.8 Å². The molecule has 2 aliphatic heterocycles. The van der Waals surface area contributed by atoms with Gasteiger partial charge in [0.05, 0.1) is 6.54 Å². The van der Waals surface area contributed by atoms with E-state index in [1.165, 1.54) is 4.57 Å². The molecule has 3 heterocycles. The van der Waals surface area contributed by atoms with Crippen molar-refractivity contribution in [3.05, 3.63) is 51.4 Å². The van der Waals surface area contributed by atoms with Gasteiger partial charge >= 0.3 is 0 Å². The molecule has 0 unspecified atom stereocenters. The summed E-state index contributed by atoms with van der Waals surface area (Å²) in [6, 6.07) is 5.14. The van der Waals surface area contributed by atoms with Crippen molar-refractivity contribution in [2.45, 2.75) is 13.0 Å². The van der Waals surface area contributed by atoms with Gasteiger partial charge in [-0.1, -0.05) is 0 Å². The molecule has 1 aromatic carbocycles. The van der Waals surface area contributed by atoms with Crippen molar-refractivity contribution in [3.63, 3.8) is 0 Å². The Labute approximate surface area is 180 Å². The number of hydrogen-bond acceptors (Lipinski definition) is 6. The number of carbonyl (C=O) groups excluding carboxylic acids is 2. The number of carbonyl (C=O) groups is 2. The van der Waals surface area contributed by atoms with Gasteiger partial charge in [0.1, 0.15) is 18.8 Å². The lowest BCUT2D eigenvalue weighted by atomic mass is 9.96. The third-order valence-electron chi connectivity index (χ3n) is 5.40. The molecule has 0 bridgehead atoms. The first-order valence-electron chi connectivity index (χ1n) is 10.2. The van der Waals surface area contributed by atoms with E-state index < -0.39 is 5.91 Å². The first-order valence-corrected chi connectivity index (χ1v) is 10.2. The summed E-state index contributed by atoms with van der Waals surface area (Å²) in [6.45, 7) is 2.09. The second kappa shape index (κ2) is 8.43. The highest BCUT2D eigenvalue weighted by molar-refractivity contribution is 6.05. The monoisotopic (exact) mass is 426 g/mol. The van der Waals surface area contributed by atoms with Crippen LogP contribution < -0.4 is 20.3 Å².